The molecule has 1 unspecified atom stereocenters. The van der Waals surface area contributed by atoms with Gasteiger partial charge in [0, 0.05) is 0 Å². The van der Waals surface area contributed by atoms with E-state index in [2.05, 4.69) is 34.2 Å². The van der Waals surface area contributed by atoms with Crippen LogP contribution in [0.2, 0.25) is 0 Å². The van der Waals surface area contributed by atoms with Gasteiger partial charge in [-0.3, -0.25) is 0 Å². The van der Waals surface area contributed by atoms with Crippen molar-refractivity contribution in [3.05, 3.63) is 48.8 Å². The van der Waals surface area contributed by atoms with Crippen molar-refractivity contribution in [1.29, 1.82) is 0 Å². The van der Waals surface area contributed by atoms with Crippen molar-refractivity contribution in [3.63, 3.8) is 0 Å². The van der Waals surface area contributed by atoms with Crippen LogP contribution in [0.4, 0.5) is 0 Å². The molecule has 0 aliphatic carbocycles. The number of ether oxygens (including phenoxy) is 2. The zero-order valence-corrected chi connectivity index (χ0v) is 13.9. The summed E-state index contributed by atoms with van der Waals surface area (Å²) in [5.74, 6) is 1.40. The van der Waals surface area contributed by atoms with Crippen molar-refractivity contribution in [2.45, 2.75) is 0 Å². The second kappa shape index (κ2) is 6.15. The quantitative estimate of drug-likeness (QED) is 0.665. The van der Waals surface area contributed by atoms with Crippen LogP contribution in [0.1, 0.15) is 0 Å². The molecule has 5 heteroatoms. The van der Waals surface area contributed by atoms with Gasteiger partial charge in [-0.1, -0.05) is 0 Å². The number of methoxy groups -OCH3 is 2. The Kier molecular flexibility index (Phi) is 4.07. The first-order valence-corrected chi connectivity index (χ1v) is 8.60. The first kappa shape index (κ1) is 13.9. The molecule has 0 saturated heterocycles. The van der Waals surface area contributed by atoms with Gasteiger partial charge in [0.05, 0.1) is 0 Å². The Labute approximate surface area is 129 Å². The summed E-state index contributed by atoms with van der Waals surface area (Å²) in [6.45, 7) is 0. The van der Waals surface area contributed by atoms with E-state index < -0.39 is 15.8 Å². The second-order valence-corrected chi connectivity index (χ2v) is 7.17. The maximum absolute atomic E-state index is 5.38. The van der Waals surface area contributed by atoms with Crippen molar-refractivity contribution in [3.8, 4) is 11.5 Å². The fraction of sp³-hybridized carbons (Fsp3) is 0.125. The molecule has 2 aromatic carbocycles. The monoisotopic (exact) mass is 342 g/mol. The van der Waals surface area contributed by atoms with Crippen LogP contribution in [0.25, 0.3) is 10.9 Å². The van der Waals surface area contributed by atoms with Gasteiger partial charge in [0.25, 0.3) is 0 Å². The average molecular weight is 342 g/mol. The van der Waals surface area contributed by atoms with Gasteiger partial charge in [0.1, 0.15) is 0 Å². The molecule has 21 heavy (non-hydrogen) atoms. The summed E-state index contributed by atoms with van der Waals surface area (Å²) in [7, 11) is 3.27. The number of hydrogen-bond acceptors (Lipinski definition) is 4. The molecule has 0 fully saturated rings. The molecule has 1 atom stereocenters. The van der Waals surface area contributed by atoms with E-state index >= 15 is 0 Å². The van der Waals surface area contributed by atoms with Crippen LogP contribution in [0.5, 0.6) is 11.5 Å². The summed E-state index contributed by atoms with van der Waals surface area (Å²) in [6.07, 6.45) is 1.62. The molecule has 0 spiro atoms. The van der Waals surface area contributed by atoms with Gasteiger partial charge in [-0.15, -0.1) is 0 Å². The molecule has 0 radical (unpaired) electrons. The van der Waals surface area contributed by atoms with Gasteiger partial charge in [0.15, 0.2) is 0 Å². The topological polar surface area (TPSA) is 44.2 Å². The van der Waals surface area contributed by atoms with Crippen LogP contribution in [-0.4, -0.2) is 39.9 Å². The Morgan fingerprint density at radius 1 is 0.905 bits per heavy atom. The number of rotatable bonds is 4. The van der Waals surface area contributed by atoms with Crippen LogP contribution in [-0.2, 0) is 0 Å². The van der Waals surface area contributed by atoms with Crippen molar-refractivity contribution in [2.75, 3.05) is 14.2 Å². The average Bonchev–Trinajstić information content (AvgIpc) is 2.55. The van der Waals surface area contributed by atoms with E-state index in [1.54, 1.807) is 20.5 Å². The zero-order chi connectivity index (χ0) is 14.7. The van der Waals surface area contributed by atoms with Crippen molar-refractivity contribution in [1.82, 2.24) is 9.97 Å². The summed E-state index contributed by atoms with van der Waals surface area (Å²) in [5.41, 5.74) is 0.886. The third kappa shape index (κ3) is 2.86. The maximum atomic E-state index is 5.38. The Balaban J connectivity index is 2.10. The van der Waals surface area contributed by atoms with E-state index in [4.69, 9.17) is 9.47 Å². The molecule has 0 bridgehead atoms. The predicted octanol–water partition coefficient (Wildman–Crippen LogP) is 1.03. The zero-order valence-electron chi connectivity index (χ0n) is 11.8. The molecule has 0 amide bonds. The number of hydrogen-bond donors (Lipinski definition) is 0. The molecule has 4 nitrogen and oxygen atoms in total. The molecule has 1 heterocycles. The standard InChI is InChI=1S/C16H15AsN2O2/c1-20-14-8-12-13(9-15(14)21-2)18-10-19-16(12)17-11-6-4-3-5-7-11/h3-10,17H,1-2H3. The molecular weight excluding hydrogens is 327 g/mol. The third-order valence-corrected chi connectivity index (χ3v) is 5.81. The molecule has 106 valence electrons. The Bertz CT molecular complexity index is 763. The van der Waals surface area contributed by atoms with Gasteiger partial charge >= 0.3 is 129 Å². The van der Waals surface area contributed by atoms with Gasteiger partial charge in [-0.05, 0) is 0 Å². The minimum atomic E-state index is -0.505. The Morgan fingerprint density at radius 3 is 2.33 bits per heavy atom. The molecule has 1 aromatic heterocycles. The van der Waals surface area contributed by atoms with Gasteiger partial charge in [-0.2, -0.15) is 0 Å². The molecule has 0 aliphatic heterocycles. The van der Waals surface area contributed by atoms with E-state index in [1.807, 2.05) is 18.2 Å². The summed E-state index contributed by atoms with van der Waals surface area (Å²) in [4.78, 5) is 8.82. The molecular formula is C16H15AsN2O2. The van der Waals surface area contributed by atoms with Crippen LogP contribution >= 0.6 is 0 Å². The van der Waals surface area contributed by atoms with E-state index in [9.17, 15) is 0 Å². The van der Waals surface area contributed by atoms with Crippen molar-refractivity contribution in [2.24, 2.45) is 0 Å². The number of fused-ring (bicyclic) bond motifs is 1. The van der Waals surface area contributed by atoms with Crippen LogP contribution in [0, 0.1) is 0 Å². The normalized spacial score (nSPS) is 11.1. The summed E-state index contributed by atoms with van der Waals surface area (Å²) in [5, 5.41) is 1.04. The van der Waals surface area contributed by atoms with Gasteiger partial charge in [-0.25, -0.2) is 0 Å². The number of aromatic nitrogens is 2. The molecule has 0 saturated carbocycles. The van der Waals surface area contributed by atoms with Crippen molar-refractivity contribution < 1.29 is 9.47 Å². The molecule has 0 N–H and O–H groups in total. The van der Waals surface area contributed by atoms with Crippen molar-refractivity contribution >= 4 is 35.5 Å². The number of nitrogens with zero attached hydrogens (tertiary/aromatic N) is 2. The molecule has 3 rings (SSSR count). The van der Waals surface area contributed by atoms with Crippen LogP contribution in [0.3, 0.4) is 0 Å². The molecule has 0 aliphatic rings. The molecule has 3 aromatic rings. The third-order valence-electron chi connectivity index (χ3n) is 3.18. The Hall–Kier alpha value is -2.06. The second-order valence-electron chi connectivity index (χ2n) is 4.44. The summed E-state index contributed by atoms with van der Waals surface area (Å²) in [6, 6.07) is 14.3. The van der Waals surface area contributed by atoms with E-state index in [0.717, 1.165) is 15.4 Å². The minimum absolute atomic E-state index is 0.505. The van der Waals surface area contributed by atoms with Gasteiger partial charge < -0.3 is 0 Å². The summed E-state index contributed by atoms with van der Waals surface area (Å²) < 4.78 is 13.2. The number of benzene rings is 2. The first-order valence-electron chi connectivity index (χ1n) is 6.50. The Morgan fingerprint density at radius 2 is 1.62 bits per heavy atom. The predicted molar refractivity (Wildman–Crippen MR) is 85.5 cm³/mol. The SMILES string of the molecule is COc1cc2ncnc([AsH]c3ccccc3)c2cc1OC. The van der Waals surface area contributed by atoms with Crippen LogP contribution < -0.4 is 18.3 Å². The fourth-order valence-electron chi connectivity index (χ4n) is 2.14. The van der Waals surface area contributed by atoms with E-state index in [0.29, 0.717) is 11.5 Å². The van der Waals surface area contributed by atoms with Gasteiger partial charge in [0.2, 0.25) is 0 Å². The van der Waals surface area contributed by atoms with Crippen LogP contribution in [0.15, 0.2) is 48.8 Å². The van der Waals surface area contributed by atoms with E-state index in [-0.39, 0.29) is 0 Å². The van der Waals surface area contributed by atoms with E-state index in [1.165, 1.54) is 4.35 Å². The fourth-order valence-corrected chi connectivity index (χ4v) is 4.43. The first-order chi connectivity index (χ1) is 10.3. The summed E-state index contributed by atoms with van der Waals surface area (Å²) >= 11 is -0.505.